The Morgan fingerprint density at radius 2 is 2.16 bits per heavy atom. The van der Waals surface area contributed by atoms with Crippen LogP contribution in [0.1, 0.15) is 39.0 Å². The zero-order chi connectivity index (χ0) is 13.4. The van der Waals surface area contributed by atoms with E-state index in [0.29, 0.717) is 18.8 Å². The van der Waals surface area contributed by atoms with Crippen LogP contribution in [0.2, 0.25) is 0 Å². The lowest BCUT2D eigenvalue weighted by atomic mass is 10.0. The van der Waals surface area contributed by atoms with Crippen molar-refractivity contribution >= 4 is 5.97 Å². The second kappa shape index (κ2) is 4.49. The molecule has 98 valence electrons. The van der Waals surface area contributed by atoms with Gasteiger partial charge in [-0.05, 0) is 16.7 Å². The fourth-order valence-corrected chi connectivity index (χ4v) is 2.21. The molecule has 2 heterocycles. The molecule has 1 unspecified atom stereocenters. The lowest BCUT2D eigenvalue weighted by molar-refractivity contribution is 0.0685. The van der Waals surface area contributed by atoms with Crippen LogP contribution in [-0.2, 0) is 18.0 Å². The minimum Gasteiger partial charge on any atom is -0.476 e. The molecule has 1 atom stereocenters. The normalized spacial score (nSPS) is 15.2. The van der Waals surface area contributed by atoms with E-state index in [-0.39, 0.29) is 11.4 Å². The molecule has 0 fully saturated rings. The molecule has 0 radical (unpaired) electrons. The Labute approximate surface area is 108 Å². The molecule has 0 amide bonds. The second-order valence-corrected chi connectivity index (χ2v) is 4.39. The quantitative estimate of drug-likeness (QED) is 0.771. The molecule has 1 aromatic carbocycles. The number of carboxylic acid groups (broad SMARTS) is 1. The Bertz CT molecular complexity index is 635. The number of rotatable bonds is 3. The van der Waals surface area contributed by atoms with Crippen molar-refractivity contribution in [2.24, 2.45) is 0 Å². The number of nitrogens with zero attached hydrogens (tertiary/aromatic N) is 1. The highest BCUT2D eigenvalue weighted by molar-refractivity contribution is 5.86. The molecule has 3 N–H and O–H groups in total. The number of carboxylic acids is 1. The molecular formula is C13H12N2O4. The first-order valence-electron chi connectivity index (χ1n) is 5.81. The number of carbonyl (C=O) groups is 1. The van der Waals surface area contributed by atoms with Gasteiger partial charge >= 0.3 is 5.97 Å². The average molecular weight is 260 g/mol. The largest absolute Gasteiger partial charge is 0.476 e. The van der Waals surface area contributed by atoms with E-state index in [1.165, 1.54) is 6.33 Å². The number of hydrogen-bond donors (Lipinski definition) is 3. The summed E-state index contributed by atoms with van der Waals surface area (Å²) in [4.78, 5) is 17.4. The maximum Gasteiger partial charge on any atom is 0.356 e. The van der Waals surface area contributed by atoms with E-state index in [9.17, 15) is 9.90 Å². The third-order valence-corrected chi connectivity index (χ3v) is 3.21. The Balaban J connectivity index is 1.97. The highest BCUT2D eigenvalue weighted by Crippen LogP contribution is 2.27. The van der Waals surface area contributed by atoms with E-state index in [1.54, 1.807) is 6.07 Å². The SMILES string of the molecule is O=C(O)c1nc[nH]c1C(O)c1ccc2c(c1)COC2. The molecule has 1 aliphatic rings. The molecule has 6 heteroatoms. The predicted molar refractivity (Wildman–Crippen MR) is 64.5 cm³/mol. The predicted octanol–water partition coefficient (Wildman–Crippen LogP) is 1.22. The average Bonchev–Trinajstić information content (AvgIpc) is 3.05. The fraction of sp³-hybridized carbons (Fsp3) is 0.231. The van der Waals surface area contributed by atoms with E-state index in [1.807, 2.05) is 12.1 Å². The molecule has 6 nitrogen and oxygen atoms in total. The number of aromatic nitrogens is 2. The van der Waals surface area contributed by atoms with Gasteiger partial charge in [0.25, 0.3) is 0 Å². The van der Waals surface area contributed by atoms with Crippen molar-refractivity contribution in [1.29, 1.82) is 0 Å². The van der Waals surface area contributed by atoms with Gasteiger partial charge < -0.3 is 19.9 Å². The number of aromatic amines is 1. The third kappa shape index (κ3) is 2.00. The first-order chi connectivity index (χ1) is 9.16. The van der Waals surface area contributed by atoms with Gasteiger partial charge in [-0.1, -0.05) is 18.2 Å². The fourth-order valence-electron chi connectivity index (χ4n) is 2.21. The van der Waals surface area contributed by atoms with Crippen molar-refractivity contribution in [3.05, 3.63) is 52.6 Å². The molecule has 0 aliphatic carbocycles. The number of hydrogen-bond acceptors (Lipinski definition) is 4. The zero-order valence-electron chi connectivity index (χ0n) is 9.96. The molecule has 1 aliphatic heterocycles. The Morgan fingerprint density at radius 1 is 1.37 bits per heavy atom. The summed E-state index contributed by atoms with van der Waals surface area (Å²) in [5.74, 6) is -1.17. The molecular weight excluding hydrogens is 248 g/mol. The summed E-state index contributed by atoms with van der Waals surface area (Å²) < 4.78 is 5.31. The van der Waals surface area contributed by atoms with Crippen molar-refractivity contribution in [3.63, 3.8) is 0 Å². The molecule has 0 saturated carbocycles. The van der Waals surface area contributed by atoms with Gasteiger partial charge in [-0.2, -0.15) is 0 Å². The number of aromatic carboxylic acids is 1. The Morgan fingerprint density at radius 3 is 2.95 bits per heavy atom. The minimum atomic E-state index is -1.17. The van der Waals surface area contributed by atoms with Crippen LogP contribution in [0.5, 0.6) is 0 Å². The first kappa shape index (κ1) is 11.9. The van der Waals surface area contributed by atoms with Crippen LogP contribution in [0.15, 0.2) is 24.5 Å². The molecule has 2 aromatic rings. The summed E-state index contributed by atoms with van der Waals surface area (Å²) in [5.41, 5.74) is 2.76. The zero-order valence-corrected chi connectivity index (χ0v) is 9.96. The van der Waals surface area contributed by atoms with Gasteiger partial charge in [0.05, 0.1) is 25.2 Å². The summed E-state index contributed by atoms with van der Waals surface area (Å²) in [5, 5.41) is 19.3. The third-order valence-electron chi connectivity index (χ3n) is 3.21. The van der Waals surface area contributed by atoms with Gasteiger partial charge in [0.15, 0.2) is 5.69 Å². The lowest BCUT2D eigenvalue weighted by Gasteiger charge is -2.11. The number of imidazole rings is 1. The standard InChI is InChI=1S/C13H12N2O4/c16-12(10-11(13(17)18)15-6-14-10)7-1-2-8-4-19-5-9(8)3-7/h1-3,6,12,16H,4-5H2,(H,14,15)(H,17,18). The van der Waals surface area contributed by atoms with Gasteiger partial charge in [0.1, 0.15) is 6.10 Å². The van der Waals surface area contributed by atoms with Crippen molar-refractivity contribution in [1.82, 2.24) is 9.97 Å². The van der Waals surface area contributed by atoms with Gasteiger partial charge in [-0.15, -0.1) is 0 Å². The van der Waals surface area contributed by atoms with Crippen LogP contribution in [0.25, 0.3) is 0 Å². The van der Waals surface area contributed by atoms with E-state index < -0.39 is 12.1 Å². The molecule has 0 bridgehead atoms. The van der Waals surface area contributed by atoms with E-state index in [4.69, 9.17) is 9.84 Å². The lowest BCUT2D eigenvalue weighted by Crippen LogP contribution is -2.08. The number of aliphatic hydroxyl groups is 1. The number of nitrogens with one attached hydrogen (secondary N) is 1. The molecule has 0 spiro atoms. The Hall–Kier alpha value is -2.18. The maximum absolute atomic E-state index is 11.0. The second-order valence-electron chi connectivity index (χ2n) is 4.39. The minimum absolute atomic E-state index is 0.163. The van der Waals surface area contributed by atoms with Crippen LogP contribution in [0.4, 0.5) is 0 Å². The number of H-pyrrole nitrogens is 1. The number of ether oxygens (including phenoxy) is 1. The maximum atomic E-state index is 11.0. The van der Waals surface area contributed by atoms with E-state index in [2.05, 4.69) is 9.97 Å². The van der Waals surface area contributed by atoms with Crippen LogP contribution >= 0.6 is 0 Å². The smallest absolute Gasteiger partial charge is 0.356 e. The summed E-state index contributed by atoms with van der Waals surface area (Å²) in [7, 11) is 0. The summed E-state index contributed by atoms with van der Waals surface area (Å²) in [6.45, 7) is 1.10. The van der Waals surface area contributed by atoms with Crippen molar-refractivity contribution in [3.8, 4) is 0 Å². The number of benzene rings is 1. The van der Waals surface area contributed by atoms with Crippen molar-refractivity contribution < 1.29 is 19.7 Å². The van der Waals surface area contributed by atoms with E-state index in [0.717, 1.165) is 11.1 Å². The van der Waals surface area contributed by atoms with E-state index >= 15 is 0 Å². The number of aliphatic hydroxyl groups excluding tert-OH is 1. The monoisotopic (exact) mass is 260 g/mol. The summed E-state index contributed by atoms with van der Waals surface area (Å²) in [6, 6.07) is 5.49. The topological polar surface area (TPSA) is 95.4 Å². The molecule has 0 saturated heterocycles. The highest BCUT2D eigenvalue weighted by atomic mass is 16.5. The molecule has 1 aromatic heterocycles. The molecule has 19 heavy (non-hydrogen) atoms. The Kier molecular flexibility index (Phi) is 2.81. The first-order valence-corrected chi connectivity index (χ1v) is 5.81. The van der Waals surface area contributed by atoms with Crippen LogP contribution in [-0.4, -0.2) is 26.2 Å². The van der Waals surface area contributed by atoms with Gasteiger partial charge in [0.2, 0.25) is 0 Å². The summed E-state index contributed by atoms with van der Waals surface area (Å²) >= 11 is 0. The molecule has 3 rings (SSSR count). The van der Waals surface area contributed by atoms with Crippen LogP contribution in [0, 0.1) is 0 Å². The highest BCUT2D eigenvalue weighted by Gasteiger charge is 2.22. The van der Waals surface area contributed by atoms with Crippen LogP contribution in [0.3, 0.4) is 0 Å². The van der Waals surface area contributed by atoms with Crippen molar-refractivity contribution in [2.75, 3.05) is 0 Å². The van der Waals surface area contributed by atoms with Gasteiger partial charge in [-0.3, -0.25) is 0 Å². The van der Waals surface area contributed by atoms with Crippen molar-refractivity contribution in [2.45, 2.75) is 19.3 Å². The summed E-state index contributed by atoms with van der Waals surface area (Å²) in [6.07, 6.45) is 0.220. The van der Waals surface area contributed by atoms with Gasteiger partial charge in [0, 0.05) is 0 Å². The van der Waals surface area contributed by atoms with Gasteiger partial charge in [-0.25, -0.2) is 9.78 Å². The number of fused-ring (bicyclic) bond motifs is 1. The van der Waals surface area contributed by atoms with Crippen LogP contribution < -0.4 is 0 Å².